The van der Waals surface area contributed by atoms with E-state index in [1.807, 2.05) is 49.4 Å². The molecule has 0 aromatic heterocycles. The number of carbonyl (C=O) groups excluding carboxylic acids is 2. The fourth-order valence-corrected chi connectivity index (χ4v) is 5.11. The predicted octanol–water partition coefficient (Wildman–Crippen LogP) is 5.65. The summed E-state index contributed by atoms with van der Waals surface area (Å²) in [5.74, 6) is 0.738. The molecule has 3 aromatic rings. The van der Waals surface area contributed by atoms with E-state index in [1.54, 1.807) is 12.0 Å². The molecule has 0 bridgehead atoms. The molecular formula is C30H36N2O3. The van der Waals surface area contributed by atoms with Gasteiger partial charge in [-0.25, -0.2) is 0 Å². The average Bonchev–Trinajstić information content (AvgIpc) is 3.40. The van der Waals surface area contributed by atoms with E-state index in [0.29, 0.717) is 25.8 Å². The summed E-state index contributed by atoms with van der Waals surface area (Å²) in [5.41, 5.74) is 2.14. The van der Waals surface area contributed by atoms with Gasteiger partial charge < -0.3 is 15.0 Å². The molecule has 1 saturated carbocycles. The molecule has 0 unspecified atom stereocenters. The fraction of sp³-hybridized carbons (Fsp3) is 0.400. The highest BCUT2D eigenvalue weighted by atomic mass is 16.5. The van der Waals surface area contributed by atoms with E-state index in [9.17, 15) is 9.59 Å². The summed E-state index contributed by atoms with van der Waals surface area (Å²) in [6.45, 7) is 2.38. The number of nitrogens with zero attached hydrogens (tertiary/aromatic N) is 1. The molecule has 5 heteroatoms. The van der Waals surface area contributed by atoms with Gasteiger partial charge in [-0.3, -0.25) is 9.59 Å². The summed E-state index contributed by atoms with van der Waals surface area (Å²) in [5, 5.41) is 5.57. The third-order valence-corrected chi connectivity index (χ3v) is 7.09. The molecule has 0 spiro atoms. The number of carbonyl (C=O) groups is 2. The molecule has 1 aliphatic carbocycles. The number of hydrogen-bond donors (Lipinski definition) is 1. The van der Waals surface area contributed by atoms with Crippen LogP contribution in [0.1, 0.15) is 56.6 Å². The first-order valence-electron chi connectivity index (χ1n) is 12.8. The number of hydrogen-bond acceptors (Lipinski definition) is 3. The molecule has 4 rings (SSSR count). The topological polar surface area (TPSA) is 58.6 Å². The molecule has 1 fully saturated rings. The normalized spacial score (nSPS) is 14.6. The minimum Gasteiger partial charge on any atom is -0.497 e. The van der Waals surface area contributed by atoms with Gasteiger partial charge in [0.1, 0.15) is 11.8 Å². The first kappa shape index (κ1) is 24.8. The Bertz CT molecular complexity index is 1130. The van der Waals surface area contributed by atoms with Crippen molar-refractivity contribution in [3.05, 3.63) is 77.9 Å². The minimum atomic E-state index is -0.488. The lowest BCUT2D eigenvalue weighted by Gasteiger charge is -2.31. The Balaban J connectivity index is 1.53. The summed E-state index contributed by atoms with van der Waals surface area (Å²) in [7, 11) is 1.64. The van der Waals surface area contributed by atoms with Crippen LogP contribution in [0.15, 0.2) is 66.7 Å². The molecule has 184 valence electrons. The second-order valence-corrected chi connectivity index (χ2v) is 9.42. The van der Waals surface area contributed by atoms with Crippen LogP contribution < -0.4 is 10.1 Å². The zero-order valence-electron chi connectivity index (χ0n) is 20.8. The number of fused-ring (bicyclic) bond motifs is 1. The van der Waals surface area contributed by atoms with E-state index in [0.717, 1.165) is 42.6 Å². The first-order valence-corrected chi connectivity index (χ1v) is 12.8. The monoisotopic (exact) mass is 472 g/mol. The summed E-state index contributed by atoms with van der Waals surface area (Å²) < 4.78 is 5.28. The summed E-state index contributed by atoms with van der Waals surface area (Å²) in [6.07, 6.45) is 5.93. The van der Waals surface area contributed by atoms with Crippen molar-refractivity contribution in [3.8, 4) is 5.75 Å². The molecular weight excluding hydrogens is 436 g/mol. The number of aryl methyl sites for hydroxylation is 1. The van der Waals surface area contributed by atoms with Gasteiger partial charge in [-0.1, -0.05) is 74.4 Å². The zero-order chi connectivity index (χ0) is 24.6. The molecule has 2 amide bonds. The standard InChI is InChI=1S/C30H36N2O3/c1-3-28(30(34)31-25-12-5-6-13-25)32(21-22-15-18-26(35-2)19-16-22)29(33)20-17-24-11-8-10-23-9-4-7-14-27(23)24/h4,7-11,14-16,18-19,25,28H,3,5-6,12-13,17,20-21H2,1-2H3,(H,31,34)/t28-/m1/s1. The molecule has 3 aromatic carbocycles. The van der Waals surface area contributed by atoms with Crippen molar-refractivity contribution < 1.29 is 14.3 Å². The predicted molar refractivity (Wildman–Crippen MR) is 140 cm³/mol. The maximum atomic E-state index is 13.6. The van der Waals surface area contributed by atoms with Gasteiger partial charge in [-0.05, 0) is 59.7 Å². The van der Waals surface area contributed by atoms with Crippen LogP contribution in [0.5, 0.6) is 5.75 Å². The first-order chi connectivity index (χ1) is 17.1. The van der Waals surface area contributed by atoms with E-state index in [1.165, 1.54) is 10.8 Å². The van der Waals surface area contributed by atoms with Crippen LogP contribution in [0.2, 0.25) is 0 Å². The van der Waals surface area contributed by atoms with Crippen molar-refractivity contribution in [3.63, 3.8) is 0 Å². The quantitative estimate of drug-likeness (QED) is 0.415. The maximum Gasteiger partial charge on any atom is 0.243 e. The third kappa shape index (κ3) is 6.21. The Morgan fingerprint density at radius 3 is 2.43 bits per heavy atom. The van der Waals surface area contributed by atoms with Gasteiger partial charge in [-0.15, -0.1) is 0 Å². The van der Waals surface area contributed by atoms with Crippen molar-refractivity contribution in [2.75, 3.05) is 7.11 Å². The second kappa shape index (κ2) is 11.9. The van der Waals surface area contributed by atoms with Crippen LogP contribution in [0.3, 0.4) is 0 Å². The van der Waals surface area contributed by atoms with Crippen molar-refractivity contribution in [1.82, 2.24) is 10.2 Å². The Hall–Kier alpha value is -3.34. The van der Waals surface area contributed by atoms with Crippen molar-refractivity contribution in [2.24, 2.45) is 0 Å². The molecule has 1 atom stereocenters. The minimum absolute atomic E-state index is 0.00201. The van der Waals surface area contributed by atoms with Crippen LogP contribution in [0.4, 0.5) is 0 Å². The highest BCUT2D eigenvalue weighted by Crippen LogP contribution is 2.23. The zero-order valence-corrected chi connectivity index (χ0v) is 20.8. The van der Waals surface area contributed by atoms with Gasteiger partial charge in [0.2, 0.25) is 11.8 Å². The molecule has 1 N–H and O–H groups in total. The van der Waals surface area contributed by atoms with E-state index in [2.05, 4.69) is 29.6 Å². The second-order valence-electron chi connectivity index (χ2n) is 9.42. The summed E-state index contributed by atoms with van der Waals surface area (Å²) >= 11 is 0. The SMILES string of the molecule is CC[C@H](C(=O)NC1CCCC1)N(Cc1ccc(OC)cc1)C(=O)CCc1cccc2ccccc12. The third-order valence-electron chi connectivity index (χ3n) is 7.09. The molecule has 5 nitrogen and oxygen atoms in total. The van der Waals surface area contributed by atoms with Crippen molar-refractivity contribution in [2.45, 2.75) is 70.5 Å². The van der Waals surface area contributed by atoms with E-state index in [-0.39, 0.29) is 17.9 Å². The number of benzene rings is 3. The summed E-state index contributed by atoms with van der Waals surface area (Å²) in [6, 6.07) is 21.9. The van der Waals surface area contributed by atoms with Crippen LogP contribution in [0.25, 0.3) is 10.8 Å². The molecule has 0 radical (unpaired) electrons. The van der Waals surface area contributed by atoms with E-state index >= 15 is 0 Å². The number of amides is 2. The number of nitrogens with one attached hydrogen (secondary N) is 1. The molecule has 35 heavy (non-hydrogen) atoms. The van der Waals surface area contributed by atoms with Crippen LogP contribution in [0, 0.1) is 0 Å². The number of ether oxygens (including phenoxy) is 1. The Labute approximate surface area is 208 Å². The highest BCUT2D eigenvalue weighted by Gasteiger charge is 2.30. The number of rotatable bonds is 10. The Kier molecular flexibility index (Phi) is 8.40. The largest absolute Gasteiger partial charge is 0.497 e. The van der Waals surface area contributed by atoms with Crippen LogP contribution in [-0.4, -0.2) is 35.9 Å². The van der Waals surface area contributed by atoms with Gasteiger partial charge in [0, 0.05) is 19.0 Å². The highest BCUT2D eigenvalue weighted by molar-refractivity contribution is 5.89. The van der Waals surface area contributed by atoms with E-state index in [4.69, 9.17) is 4.74 Å². The Morgan fingerprint density at radius 1 is 1.00 bits per heavy atom. The summed E-state index contributed by atoms with van der Waals surface area (Å²) in [4.78, 5) is 28.7. The molecule has 0 aliphatic heterocycles. The maximum absolute atomic E-state index is 13.6. The smallest absolute Gasteiger partial charge is 0.243 e. The van der Waals surface area contributed by atoms with Crippen LogP contribution >= 0.6 is 0 Å². The number of methoxy groups -OCH3 is 1. The molecule has 0 saturated heterocycles. The van der Waals surface area contributed by atoms with Crippen molar-refractivity contribution >= 4 is 22.6 Å². The average molecular weight is 473 g/mol. The van der Waals surface area contributed by atoms with Crippen molar-refractivity contribution in [1.29, 1.82) is 0 Å². The lowest BCUT2D eigenvalue weighted by molar-refractivity contribution is -0.141. The van der Waals surface area contributed by atoms with Gasteiger partial charge in [0.05, 0.1) is 7.11 Å². The molecule has 1 aliphatic rings. The Morgan fingerprint density at radius 2 is 1.71 bits per heavy atom. The lowest BCUT2D eigenvalue weighted by Crippen LogP contribution is -2.51. The lowest BCUT2D eigenvalue weighted by atomic mass is 10.00. The van der Waals surface area contributed by atoms with Gasteiger partial charge in [0.15, 0.2) is 0 Å². The van der Waals surface area contributed by atoms with Gasteiger partial charge in [-0.2, -0.15) is 0 Å². The van der Waals surface area contributed by atoms with Gasteiger partial charge >= 0.3 is 0 Å². The van der Waals surface area contributed by atoms with E-state index < -0.39 is 6.04 Å². The molecule has 0 heterocycles. The van der Waals surface area contributed by atoms with Gasteiger partial charge in [0.25, 0.3) is 0 Å². The fourth-order valence-electron chi connectivity index (χ4n) is 5.11. The van der Waals surface area contributed by atoms with Crippen LogP contribution in [-0.2, 0) is 22.6 Å².